The second-order valence-corrected chi connectivity index (χ2v) is 4.95. The van der Waals surface area contributed by atoms with E-state index in [0.29, 0.717) is 5.56 Å². The molecule has 0 saturated carbocycles. The predicted molar refractivity (Wildman–Crippen MR) is 75.6 cm³/mol. The van der Waals surface area contributed by atoms with Gasteiger partial charge >= 0.3 is 0 Å². The lowest BCUT2D eigenvalue weighted by Gasteiger charge is -2.04. The molecule has 19 heavy (non-hydrogen) atoms. The fourth-order valence-corrected chi connectivity index (χ4v) is 2.30. The van der Waals surface area contributed by atoms with Crippen molar-refractivity contribution in [3.8, 4) is 11.4 Å². The molecule has 0 aliphatic carbocycles. The molecule has 0 aliphatic heterocycles. The molecular weight excluding hydrogens is 239 g/mol. The molecule has 0 bridgehead atoms. The third kappa shape index (κ3) is 1.91. The van der Waals surface area contributed by atoms with Crippen LogP contribution in [0.1, 0.15) is 11.1 Å². The molecule has 0 fully saturated rings. The highest BCUT2D eigenvalue weighted by molar-refractivity contribution is 5.81. The average molecular weight is 254 g/mol. The highest BCUT2D eigenvalue weighted by atomic mass is 19.1. The number of rotatable bonds is 1. The van der Waals surface area contributed by atoms with E-state index < -0.39 is 0 Å². The number of benzene rings is 2. The maximum atomic E-state index is 13.7. The van der Waals surface area contributed by atoms with Crippen molar-refractivity contribution in [1.29, 1.82) is 0 Å². The molecule has 0 saturated heterocycles. The number of fused-ring (bicyclic) bond motifs is 1. The fraction of sp³-hybridized carbons (Fsp3) is 0.188. The molecule has 0 atom stereocenters. The number of hydrogen-bond donors (Lipinski definition) is 0. The fourth-order valence-electron chi connectivity index (χ4n) is 2.30. The Labute approximate surface area is 111 Å². The highest BCUT2D eigenvalue weighted by Gasteiger charge is 2.11. The van der Waals surface area contributed by atoms with E-state index in [2.05, 4.69) is 11.1 Å². The summed E-state index contributed by atoms with van der Waals surface area (Å²) in [6, 6.07) is 11.4. The molecule has 96 valence electrons. The van der Waals surface area contributed by atoms with Crippen molar-refractivity contribution in [1.82, 2.24) is 9.55 Å². The predicted octanol–water partition coefficient (Wildman–Crippen LogP) is 4.00. The van der Waals surface area contributed by atoms with Crippen molar-refractivity contribution >= 4 is 11.0 Å². The number of aryl methyl sites for hydroxylation is 3. The van der Waals surface area contributed by atoms with Gasteiger partial charge in [-0.2, -0.15) is 0 Å². The van der Waals surface area contributed by atoms with Crippen LogP contribution in [-0.4, -0.2) is 9.55 Å². The topological polar surface area (TPSA) is 17.8 Å². The normalized spacial score (nSPS) is 11.2. The summed E-state index contributed by atoms with van der Waals surface area (Å²) in [7, 11) is 1.96. The molecule has 0 amide bonds. The molecule has 3 aromatic rings. The standard InChI is InChI=1S/C16H15FN2/c1-10-4-7-15-14(8-10)18-16(19(15)3)12-6-5-11(2)13(17)9-12/h4-9H,1-3H3. The smallest absolute Gasteiger partial charge is 0.140 e. The van der Waals surface area contributed by atoms with E-state index in [9.17, 15) is 4.39 Å². The molecule has 1 aromatic heterocycles. The minimum atomic E-state index is -0.194. The van der Waals surface area contributed by atoms with Gasteiger partial charge in [0.15, 0.2) is 0 Å². The molecule has 2 aromatic carbocycles. The third-order valence-corrected chi connectivity index (χ3v) is 3.47. The van der Waals surface area contributed by atoms with E-state index in [0.717, 1.165) is 22.4 Å². The van der Waals surface area contributed by atoms with Gasteiger partial charge in [-0.1, -0.05) is 18.2 Å². The lowest BCUT2D eigenvalue weighted by molar-refractivity contribution is 0.619. The van der Waals surface area contributed by atoms with Gasteiger partial charge in [0.2, 0.25) is 0 Å². The molecule has 0 unspecified atom stereocenters. The number of nitrogens with zero attached hydrogens (tertiary/aromatic N) is 2. The Kier molecular flexibility index (Phi) is 2.63. The lowest BCUT2D eigenvalue weighted by Crippen LogP contribution is -1.93. The Bertz CT molecular complexity index is 772. The summed E-state index contributed by atoms with van der Waals surface area (Å²) in [5.41, 5.74) is 4.63. The minimum Gasteiger partial charge on any atom is -0.327 e. The van der Waals surface area contributed by atoms with Gasteiger partial charge in [0.25, 0.3) is 0 Å². The van der Waals surface area contributed by atoms with Gasteiger partial charge in [0.05, 0.1) is 11.0 Å². The molecule has 3 rings (SSSR count). The second-order valence-electron chi connectivity index (χ2n) is 4.95. The van der Waals surface area contributed by atoms with Crippen molar-refractivity contribution in [2.75, 3.05) is 0 Å². The van der Waals surface area contributed by atoms with Crippen molar-refractivity contribution in [2.45, 2.75) is 13.8 Å². The van der Waals surface area contributed by atoms with Gasteiger partial charge in [-0.05, 0) is 43.2 Å². The third-order valence-electron chi connectivity index (χ3n) is 3.47. The van der Waals surface area contributed by atoms with Crippen molar-refractivity contribution in [3.05, 3.63) is 53.3 Å². The van der Waals surface area contributed by atoms with E-state index in [1.165, 1.54) is 5.56 Å². The molecule has 0 radical (unpaired) electrons. The first-order valence-corrected chi connectivity index (χ1v) is 6.26. The summed E-state index contributed by atoms with van der Waals surface area (Å²) in [4.78, 5) is 4.61. The van der Waals surface area contributed by atoms with E-state index in [-0.39, 0.29) is 5.82 Å². The number of aromatic nitrogens is 2. The van der Waals surface area contributed by atoms with E-state index in [1.807, 2.05) is 36.7 Å². The van der Waals surface area contributed by atoms with E-state index in [4.69, 9.17) is 0 Å². The highest BCUT2D eigenvalue weighted by Crippen LogP contribution is 2.25. The summed E-state index contributed by atoms with van der Waals surface area (Å²) in [5, 5.41) is 0. The Morgan fingerprint density at radius 1 is 1.05 bits per heavy atom. The van der Waals surface area contributed by atoms with Crippen molar-refractivity contribution in [3.63, 3.8) is 0 Å². The van der Waals surface area contributed by atoms with E-state index in [1.54, 1.807) is 19.1 Å². The summed E-state index contributed by atoms with van der Waals surface area (Å²) < 4.78 is 15.7. The van der Waals surface area contributed by atoms with Gasteiger partial charge in [-0.25, -0.2) is 9.37 Å². The summed E-state index contributed by atoms with van der Waals surface area (Å²) in [6.45, 7) is 3.80. The van der Waals surface area contributed by atoms with Crippen LogP contribution in [0, 0.1) is 19.7 Å². The molecular formula is C16H15FN2. The quantitative estimate of drug-likeness (QED) is 0.642. The Balaban J connectivity index is 2.24. The molecule has 0 N–H and O–H groups in total. The number of imidazole rings is 1. The zero-order chi connectivity index (χ0) is 13.6. The maximum Gasteiger partial charge on any atom is 0.140 e. The molecule has 1 heterocycles. The minimum absolute atomic E-state index is 0.194. The first kappa shape index (κ1) is 11.9. The SMILES string of the molecule is Cc1ccc2c(c1)nc(-c1ccc(C)c(F)c1)n2C. The maximum absolute atomic E-state index is 13.7. The zero-order valence-electron chi connectivity index (χ0n) is 11.2. The van der Waals surface area contributed by atoms with E-state index >= 15 is 0 Å². The van der Waals surface area contributed by atoms with Crippen molar-refractivity contribution in [2.24, 2.45) is 7.05 Å². The number of halogens is 1. The molecule has 0 spiro atoms. The van der Waals surface area contributed by atoms with Crippen LogP contribution in [0.4, 0.5) is 4.39 Å². The van der Waals surface area contributed by atoms with Crippen LogP contribution in [0.2, 0.25) is 0 Å². The van der Waals surface area contributed by atoms with Crippen LogP contribution in [0.3, 0.4) is 0 Å². The summed E-state index contributed by atoms with van der Waals surface area (Å²) in [5.74, 6) is 0.597. The molecule has 0 aliphatic rings. The van der Waals surface area contributed by atoms with Crippen molar-refractivity contribution < 1.29 is 4.39 Å². The van der Waals surface area contributed by atoms with Gasteiger partial charge in [0, 0.05) is 12.6 Å². The van der Waals surface area contributed by atoms with Crippen LogP contribution in [0.15, 0.2) is 36.4 Å². The Morgan fingerprint density at radius 3 is 2.58 bits per heavy atom. The average Bonchev–Trinajstić information content (AvgIpc) is 2.70. The number of hydrogen-bond acceptors (Lipinski definition) is 1. The molecule has 2 nitrogen and oxygen atoms in total. The van der Waals surface area contributed by atoms with Crippen LogP contribution in [-0.2, 0) is 7.05 Å². The second kappa shape index (κ2) is 4.19. The van der Waals surface area contributed by atoms with Gasteiger partial charge in [-0.15, -0.1) is 0 Å². The first-order chi connectivity index (χ1) is 9.06. The lowest BCUT2D eigenvalue weighted by atomic mass is 10.1. The largest absolute Gasteiger partial charge is 0.327 e. The van der Waals surface area contributed by atoms with Crippen LogP contribution in [0.25, 0.3) is 22.4 Å². The monoisotopic (exact) mass is 254 g/mol. The van der Waals surface area contributed by atoms with Gasteiger partial charge in [-0.3, -0.25) is 0 Å². The first-order valence-electron chi connectivity index (χ1n) is 6.26. The van der Waals surface area contributed by atoms with Crippen LogP contribution < -0.4 is 0 Å². The summed E-state index contributed by atoms with van der Waals surface area (Å²) in [6.07, 6.45) is 0. The van der Waals surface area contributed by atoms with Gasteiger partial charge < -0.3 is 4.57 Å². The zero-order valence-corrected chi connectivity index (χ0v) is 11.2. The van der Waals surface area contributed by atoms with Crippen LogP contribution in [0.5, 0.6) is 0 Å². The van der Waals surface area contributed by atoms with Gasteiger partial charge in [0.1, 0.15) is 11.6 Å². The Morgan fingerprint density at radius 2 is 1.84 bits per heavy atom. The molecule has 3 heteroatoms. The Hall–Kier alpha value is -2.16. The summed E-state index contributed by atoms with van der Waals surface area (Å²) >= 11 is 0. The van der Waals surface area contributed by atoms with Crippen LogP contribution >= 0.6 is 0 Å².